The first-order valence-corrected chi connectivity index (χ1v) is 9.95. The molecule has 0 atom stereocenters. The third-order valence-electron chi connectivity index (χ3n) is 4.65. The molecule has 0 aliphatic heterocycles. The highest BCUT2D eigenvalue weighted by Crippen LogP contribution is 2.22. The number of fused-ring (bicyclic) bond motifs is 1. The lowest BCUT2D eigenvalue weighted by atomic mass is 10.2. The van der Waals surface area contributed by atoms with Crippen LogP contribution in [0.15, 0.2) is 63.0 Å². The number of hydrogen-bond acceptors (Lipinski definition) is 4. The number of aryl methyl sites for hydroxylation is 2. The van der Waals surface area contributed by atoms with E-state index < -0.39 is 21.1 Å². The lowest BCUT2D eigenvalue weighted by Crippen LogP contribution is -2.39. The van der Waals surface area contributed by atoms with Crippen LogP contribution in [0.1, 0.15) is 12.5 Å². The topological polar surface area (TPSA) is 81.4 Å². The number of aromatic nitrogens is 2. The molecule has 0 spiro atoms. The van der Waals surface area contributed by atoms with Gasteiger partial charge in [0.05, 0.1) is 15.9 Å². The lowest BCUT2D eigenvalue weighted by Gasteiger charge is -2.21. The number of benzene rings is 2. The minimum Gasteiger partial charge on any atom is -0.305 e. The summed E-state index contributed by atoms with van der Waals surface area (Å²) in [5, 5.41) is 0. The van der Waals surface area contributed by atoms with Crippen LogP contribution in [0.2, 0.25) is 0 Å². The maximum Gasteiger partial charge on any atom is 0.316 e. The van der Waals surface area contributed by atoms with Crippen molar-refractivity contribution in [1.82, 2.24) is 13.4 Å². The Balaban J connectivity index is 2.12. The second kappa shape index (κ2) is 7.13. The lowest BCUT2D eigenvalue weighted by molar-refractivity contribution is 0.423. The first-order chi connectivity index (χ1) is 12.8. The molecule has 2 aromatic carbocycles. The van der Waals surface area contributed by atoms with Crippen molar-refractivity contribution in [3.63, 3.8) is 0 Å². The van der Waals surface area contributed by atoms with E-state index in [9.17, 15) is 18.0 Å². The van der Waals surface area contributed by atoms with E-state index >= 15 is 0 Å². The summed E-state index contributed by atoms with van der Waals surface area (Å²) in [6.45, 7) is 2.34. The van der Waals surface area contributed by atoms with E-state index in [2.05, 4.69) is 0 Å². The summed E-state index contributed by atoms with van der Waals surface area (Å²) in [5.74, 6) is 0. The molecule has 0 bridgehead atoms. The molecule has 27 heavy (non-hydrogen) atoms. The molecule has 142 valence electrons. The molecule has 0 aliphatic rings. The number of nitrogens with zero attached hydrogens (tertiary/aromatic N) is 3. The average molecular weight is 387 g/mol. The summed E-state index contributed by atoms with van der Waals surface area (Å²) >= 11 is 0. The van der Waals surface area contributed by atoms with Crippen LogP contribution in [0.25, 0.3) is 11.0 Å². The minimum atomic E-state index is -3.76. The molecular formula is C19H21N3O4S. The molecule has 0 unspecified atom stereocenters. The Bertz CT molecular complexity index is 1210. The smallest absolute Gasteiger partial charge is 0.305 e. The van der Waals surface area contributed by atoms with Gasteiger partial charge in [0.1, 0.15) is 0 Å². The second-order valence-corrected chi connectivity index (χ2v) is 8.23. The van der Waals surface area contributed by atoms with Gasteiger partial charge in [0, 0.05) is 27.2 Å². The van der Waals surface area contributed by atoms with E-state index in [-0.39, 0.29) is 11.4 Å². The van der Waals surface area contributed by atoms with Gasteiger partial charge < -0.3 is 9.13 Å². The Morgan fingerprint density at radius 1 is 0.889 bits per heavy atom. The fourth-order valence-electron chi connectivity index (χ4n) is 3.02. The van der Waals surface area contributed by atoms with Gasteiger partial charge in [0.15, 0.2) is 0 Å². The molecule has 1 heterocycles. The molecule has 0 fully saturated rings. The molecule has 3 aromatic rings. The summed E-state index contributed by atoms with van der Waals surface area (Å²) < 4.78 is 30.1. The zero-order chi connectivity index (χ0) is 19.8. The largest absolute Gasteiger partial charge is 0.316 e. The zero-order valence-electron chi connectivity index (χ0n) is 15.4. The molecule has 8 heteroatoms. The molecule has 1 aromatic heterocycles. The normalized spacial score (nSPS) is 12.0. The van der Waals surface area contributed by atoms with Gasteiger partial charge in [-0.3, -0.25) is 9.59 Å². The zero-order valence-corrected chi connectivity index (χ0v) is 16.2. The van der Waals surface area contributed by atoms with Crippen molar-refractivity contribution in [3.05, 3.63) is 74.8 Å². The summed E-state index contributed by atoms with van der Waals surface area (Å²) in [4.78, 5) is 24.1. The maximum atomic E-state index is 13.1. The highest BCUT2D eigenvalue weighted by atomic mass is 32.2. The van der Waals surface area contributed by atoms with E-state index in [0.717, 1.165) is 5.56 Å². The summed E-state index contributed by atoms with van der Waals surface area (Å²) in [7, 11) is -0.806. The minimum absolute atomic E-state index is 0.0847. The first-order valence-electron chi connectivity index (χ1n) is 8.51. The Morgan fingerprint density at radius 3 is 2.07 bits per heavy atom. The quantitative estimate of drug-likeness (QED) is 0.621. The van der Waals surface area contributed by atoms with Crippen LogP contribution >= 0.6 is 0 Å². The van der Waals surface area contributed by atoms with Crippen LogP contribution in [0.5, 0.6) is 0 Å². The van der Waals surface area contributed by atoms with E-state index in [0.29, 0.717) is 17.6 Å². The second-order valence-electron chi connectivity index (χ2n) is 6.30. The standard InChI is InChI=1S/C19H21N3O4S/c1-4-22(13-14-8-6-5-7-9-14)27(25,26)15-10-11-16-17(12-15)21(3)19(24)18(23)20(16)2/h5-12H,4,13H2,1-3H3. The molecule has 7 nitrogen and oxygen atoms in total. The van der Waals surface area contributed by atoms with Crippen molar-refractivity contribution < 1.29 is 8.42 Å². The van der Waals surface area contributed by atoms with Gasteiger partial charge in [0.25, 0.3) is 0 Å². The van der Waals surface area contributed by atoms with Crippen LogP contribution in [0, 0.1) is 0 Å². The van der Waals surface area contributed by atoms with Crippen LogP contribution in [-0.2, 0) is 30.7 Å². The highest BCUT2D eigenvalue weighted by Gasteiger charge is 2.24. The first kappa shape index (κ1) is 19.1. The van der Waals surface area contributed by atoms with Crippen LogP contribution in [-0.4, -0.2) is 28.4 Å². The van der Waals surface area contributed by atoms with Gasteiger partial charge in [-0.1, -0.05) is 37.3 Å². The average Bonchev–Trinajstić information content (AvgIpc) is 2.69. The number of hydrogen-bond donors (Lipinski definition) is 0. The van der Waals surface area contributed by atoms with Crippen molar-refractivity contribution in [3.8, 4) is 0 Å². The molecule has 0 radical (unpaired) electrons. The molecule has 3 rings (SSSR count). The maximum absolute atomic E-state index is 13.1. The summed E-state index contributed by atoms with van der Waals surface area (Å²) in [5.41, 5.74) is 0.417. The van der Waals surface area contributed by atoms with Gasteiger partial charge in [-0.15, -0.1) is 0 Å². The van der Waals surface area contributed by atoms with Crippen molar-refractivity contribution >= 4 is 21.1 Å². The molecule has 0 N–H and O–H groups in total. The third-order valence-corrected chi connectivity index (χ3v) is 6.57. The molecular weight excluding hydrogens is 366 g/mol. The molecule has 0 saturated carbocycles. The monoisotopic (exact) mass is 387 g/mol. The molecule has 0 aliphatic carbocycles. The Kier molecular flexibility index (Phi) is 5.03. The van der Waals surface area contributed by atoms with E-state index in [1.807, 2.05) is 30.3 Å². The van der Waals surface area contributed by atoms with Gasteiger partial charge in [-0.25, -0.2) is 8.42 Å². The van der Waals surface area contributed by atoms with E-state index in [4.69, 9.17) is 0 Å². The summed E-state index contributed by atoms with van der Waals surface area (Å²) in [6, 6.07) is 13.8. The highest BCUT2D eigenvalue weighted by molar-refractivity contribution is 7.89. The van der Waals surface area contributed by atoms with E-state index in [1.165, 1.54) is 39.7 Å². The van der Waals surface area contributed by atoms with Gasteiger partial charge in [-0.05, 0) is 23.8 Å². The van der Waals surface area contributed by atoms with Crippen LogP contribution in [0.3, 0.4) is 0 Å². The third kappa shape index (κ3) is 3.33. The van der Waals surface area contributed by atoms with Crippen molar-refractivity contribution in [2.75, 3.05) is 6.54 Å². The predicted octanol–water partition coefficient (Wildman–Crippen LogP) is 1.45. The Morgan fingerprint density at radius 2 is 1.48 bits per heavy atom. The van der Waals surface area contributed by atoms with Crippen molar-refractivity contribution in [2.24, 2.45) is 14.1 Å². The van der Waals surface area contributed by atoms with Crippen LogP contribution < -0.4 is 11.1 Å². The predicted molar refractivity (Wildman–Crippen MR) is 104 cm³/mol. The summed E-state index contributed by atoms with van der Waals surface area (Å²) in [6.07, 6.45) is 0. The fourth-order valence-corrected chi connectivity index (χ4v) is 4.48. The Labute approximate surface area is 157 Å². The van der Waals surface area contributed by atoms with E-state index in [1.54, 1.807) is 13.0 Å². The fraction of sp³-hybridized carbons (Fsp3) is 0.263. The van der Waals surface area contributed by atoms with Crippen molar-refractivity contribution in [2.45, 2.75) is 18.4 Å². The molecule has 0 amide bonds. The van der Waals surface area contributed by atoms with Gasteiger partial charge in [0.2, 0.25) is 10.0 Å². The SMILES string of the molecule is CCN(Cc1ccccc1)S(=O)(=O)c1ccc2c(c1)n(C)c(=O)c(=O)n2C. The van der Waals surface area contributed by atoms with Crippen LogP contribution in [0.4, 0.5) is 0 Å². The number of rotatable bonds is 5. The van der Waals surface area contributed by atoms with Gasteiger partial charge >= 0.3 is 11.1 Å². The molecule has 0 saturated heterocycles. The number of sulfonamides is 1. The Hall–Kier alpha value is -2.71. The van der Waals surface area contributed by atoms with Crippen molar-refractivity contribution in [1.29, 1.82) is 0 Å². The van der Waals surface area contributed by atoms with Gasteiger partial charge in [-0.2, -0.15) is 4.31 Å².